The topological polar surface area (TPSA) is 56.3 Å². The molecule has 1 heterocycles. The number of aliphatic hydroxyl groups is 1. The number of fused-ring (bicyclic) bond motifs is 1. The number of aromatic nitrogens is 1. The normalized spacial score (nSPS) is 12.6. The summed E-state index contributed by atoms with van der Waals surface area (Å²) in [6.45, 7) is 2.34. The highest BCUT2D eigenvalue weighted by atomic mass is 16.3. The van der Waals surface area contributed by atoms with Gasteiger partial charge in [-0.3, -0.25) is 4.79 Å². The average Bonchev–Trinajstić information content (AvgIpc) is 2.89. The Morgan fingerprint density at radius 2 is 2.20 bits per heavy atom. The van der Waals surface area contributed by atoms with Gasteiger partial charge in [0.15, 0.2) is 0 Å². The van der Waals surface area contributed by atoms with Gasteiger partial charge >= 0.3 is 0 Å². The smallest absolute Gasteiger partial charge is 0.222 e. The first-order valence-corrected chi connectivity index (χ1v) is 7.04. The quantitative estimate of drug-likeness (QED) is 0.849. The van der Waals surface area contributed by atoms with Crippen molar-refractivity contribution in [1.82, 2.24) is 9.88 Å². The fourth-order valence-corrected chi connectivity index (χ4v) is 2.21. The monoisotopic (exact) mass is 274 g/mol. The molecular formula is C16H22N2O2. The van der Waals surface area contributed by atoms with E-state index in [9.17, 15) is 9.90 Å². The molecule has 1 unspecified atom stereocenters. The number of aryl methyl sites for hydroxylation is 1. The summed E-state index contributed by atoms with van der Waals surface area (Å²) in [5, 5.41) is 10.4. The molecule has 1 amide bonds. The van der Waals surface area contributed by atoms with Gasteiger partial charge < -0.3 is 15.0 Å². The van der Waals surface area contributed by atoms with Crippen LogP contribution in [0.1, 0.15) is 25.3 Å². The Morgan fingerprint density at radius 3 is 2.95 bits per heavy atom. The average molecular weight is 274 g/mol. The third-order valence-electron chi connectivity index (χ3n) is 3.55. The minimum absolute atomic E-state index is 0.125. The van der Waals surface area contributed by atoms with Crippen LogP contribution in [0.2, 0.25) is 0 Å². The van der Waals surface area contributed by atoms with Gasteiger partial charge in [-0.1, -0.05) is 6.07 Å². The summed E-state index contributed by atoms with van der Waals surface area (Å²) in [4.78, 5) is 16.8. The third-order valence-corrected chi connectivity index (χ3v) is 3.55. The first-order valence-electron chi connectivity index (χ1n) is 7.04. The molecule has 0 aliphatic rings. The maximum absolute atomic E-state index is 12.0. The van der Waals surface area contributed by atoms with Crippen LogP contribution in [0.15, 0.2) is 30.5 Å². The van der Waals surface area contributed by atoms with Crippen LogP contribution >= 0.6 is 0 Å². The molecule has 2 aromatic rings. The zero-order valence-electron chi connectivity index (χ0n) is 12.1. The molecule has 20 heavy (non-hydrogen) atoms. The molecule has 1 aromatic carbocycles. The van der Waals surface area contributed by atoms with Crippen LogP contribution in [0.3, 0.4) is 0 Å². The van der Waals surface area contributed by atoms with E-state index in [0.29, 0.717) is 19.4 Å². The van der Waals surface area contributed by atoms with Crippen molar-refractivity contribution in [1.29, 1.82) is 0 Å². The van der Waals surface area contributed by atoms with Crippen LogP contribution < -0.4 is 0 Å². The van der Waals surface area contributed by atoms with Gasteiger partial charge in [0.1, 0.15) is 0 Å². The molecule has 2 N–H and O–H groups in total. The fourth-order valence-electron chi connectivity index (χ4n) is 2.21. The number of hydrogen-bond donors (Lipinski definition) is 2. The zero-order chi connectivity index (χ0) is 14.5. The summed E-state index contributed by atoms with van der Waals surface area (Å²) < 4.78 is 0. The fraction of sp³-hybridized carbons (Fsp3) is 0.438. The van der Waals surface area contributed by atoms with E-state index >= 15 is 0 Å². The van der Waals surface area contributed by atoms with Crippen molar-refractivity contribution >= 4 is 16.8 Å². The highest BCUT2D eigenvalue weighted by Crippen LogP contribution is 2.15. The second kappa shape index (κ2) is 6.57. The van der Waals surface area contributed by atoms with Gasteiger partial charge in [0.25, 0.3) is 0 Å². The molecule has 0 aliphatic heterocycles. The van der Waals surface area contributed by atoms with Crippen molar-refractivity contribution in [3.63, 3.8) is 0 Å². The van der Waals surface area contributed by atoms with E-state index in [1.807, 2.05) is 18.3 Å². The summed E-state index contributed by atoms with van der Waals surface area (Å²) in [6.07, 6.45) is 3.44. The Hall–Kier alpha value is -1.81. The van der Waals surface area contributed by atoms with Crippen molar-refractivity contribution in [2.75, 3.05) is 13.6 Å². The molecule has 4 nitrogen and oxygen atoms in total. The predicted octanol–water partition coefficient (Wildman–Crippen LogP) is 2.33. The first-order chi connectivity index (χ1) is 9.56. The molecule has 0 bridgehead atoms. The van der Waals surface area contributed by atoms with Crippen LogP contribution in [-0.4, -0.2) is 40.6 Å². The van der Waals surface area contributed by atoms with Gasteiger partial charge in [0.2, 0.25) is 5.91 Å². The van der Waals surface area contributed by atoms with E-state index in [1.54, 1.807) is 18.9 Å². The lowest BCUT2D eigenvalue weighted by molar-refractivity contribution is -0.130. The molecule has 108 valence electrons. The van der Waals surface area contributed by atoms with E-state index in [2.05, 4.69) is 17.1 Å². The number of aromatic amines is 1. The van der Waals surface area contributed by atoms with Crippen LogP contribution in [0, 0.1) is 0 Å². The van der Waals surface area contributed by atoms with E-state index < -0.39 is 0 Å². The van der Waals surface area contributed by atoms with Crippen molar-refractivity contribution in [3.05, 3.63) is 36.0 Å². The second-order valence-electron chi connectivity index (χ2n) is 5.35. The molecule has 0 saturated carbocycles. The maximum atomic E-state index is 12.0. The van der Waals surface area contributed by atoms with Gasteiger partial charge in [0, 0.05) is 31.7 Å². The van der Waals surface area contributed by atoms with Crippen LogP contribution in [0.25, 0.3) is 10.9 Å². The van der Waals surface area contributed by atoms with E-state index in [4.69, 9.17) is 0 Å². The largest absolute Gasteiger partial charge is 0.393 e. The van der Waals surface area contributed by atoms with E-state index in [0.717, 1.165) is 11.9 Å². The summed E-state index contributed by atoms with van der Waals surface area (Å²) in [7, 11) is 1.79. The van der Waals surface area contributed by atoms with Crippen LogP contribution in [0.4, 0.5) is 0 Å². The number of rotatable bonds is 6. The maximum Gasteiger partial charge on any atom is 0.222 e. The molecule has 0 fully saturated rings. The van der Waals surface area contributed by atoms with Crippen LogP contribution in [-0.2, 0) is 11.2 Å². The van der Waals surface area contributed by atoms with Gasteiger partial charge in [-0.15, -0.1) is 0 Å². The number of aliphatic hydroxyl groups excluding tert-OH is 1. The molecular weight excluding hydrogens is 252 g/mol. The Balaban J connectivity index is 1.86. The molecule has 1 atom stereocenters. The van der Waals surface area contributed by atoms with Crippen molar-refractivity contribution in [2.24, 2.45) is 0 Å². The number of carbonyl (C=O) groups is 1. The standard InChI is InChI=1S/C16H22N2O2/c1-12(19)8-10-18(2)16(20)6-4-13-3-5-15-14(11-13)7-9-17-15/h3,5,7,9,11-12,17,19H,4,6,8,10H2,1-2H3. The summed E-state index contributed by atoms with van der Waals surface area (Å²) in [6, 6.07) is 8.26. The van der Waals surface area contributed by atoms with Gasteiger partial charge in [-0.05, 0) is 48.9 Å². The van der Waals surface area contributed by atoms with E-state index in [-0.39, 0.29) is 12.0 Å². The van der Waals surface area contributed by atoms with Crippen LogP contribution in [0.5, 0.6) is 0 Å². The van der Waals surface area contributed by atoms with E-state index in [1.165, 1.54) is 10.9 Å². The Bertz CT molecular complexity index is 575. The molecule has 1 aromatic heterocycles. The number of H-pyrrole nitrogens is 1. The minimum Gasteiger partial charge on any atom is -0.393 e. The predicted molar refractivity (Wildman–Crippen MR) is 80.6 cm³/mol. The summed E-state index contributed by atoms with van der Waals surface area (Å²) in [5.41, 5.74) is 2.29. The van der Waals surface area contributed by atoms with Crippen molar-refractivity contribution in [2.45, 2.75) is 32.3 Å². The number of nitrogens with zero attached hydrogens (tertiary/aromatic N) is 1. The Morgan fingerprint density at radius 1 is 1.40 bits per heavy atom. The number of hydrogen-bond acceptors (Lipinski definition) is 2. The molecule has 2 rings (SSSR count). The number of benzene rings is 1. The molecule has 0 saturated heterocycles. The van der Waals surface area contributed by atoms with Gasteiger partial charge in [-0.25, -0.2) is 0 Å². The Kier molecular flexibility index (Phi) is 4.79. The second-order valence-corrected chi connectivity index (χ2v) is 5.35. The van der Waals surface area contributed by atoms with Crippen molar-refractivity contribution < 1.29 is 9.90 Å². The highest BCUT2D eigenvalue weighted by Gasteiger charge is 2.10. The third kappa shape index (κ3) is 3.84. The summed E-state index contributed by atoms with van der Waals surface area (Å²) >= 11 is 0. The lowest BCUT2D eigenvalue weighted by Gasteiger charge is -2.18. The number of carbonyl (C=O) groups excluding carboxylic acids is 1. The molecule has 0 spiro atoms. The minimum atomic E-state index is -0.360. The summed E-state index contributed by atoms with van der Waals surface area (Å²) in [5.74, 6) is 0.125. The Labute approximate surface area is 119 Å². The lowest BCUT2D eigenvalue weighted by Crippen LogP contribution is -2.29. The first kappa shape index (κ1) is 14.6. The highest BCUT2D eigenvalue weighted by molar-refractivity contribution is 5.80. The van der Waals surface area contributed by atoms with Crippen molar-refractivity contribution in [3.8, 4) is 0 Å². The molecule has 0 radical (unpaired) electrons. The number of nitrogens with one attached hydrogen (secondary N) is 1. The number of amides is 1. The van der Waals surface area contributed by atoms with Gasteiger partial charge in [0.05, 0.1) is 6.10 Å². The SMILES string of the molecule is CC(O)CCN(C)C(=O)CCc1ccc2[nH]ccc2c1. The molecule has 0 aliphatic carbocycles. The lowest BCUT2D eigenvalue weighted by atomic mass is 10.1. The molecule has 4 heteroatoms. The van der Waals surface area contributed by atoms with Gasteiger partial charge in [-0.2, -0.15) is 0 Å². The zero-order valence-corrected chi connectivity index (χ0v) is 12.1.